The van der Waals surface area contributed by atoms with Gasteiger partial charge in [0.05, 0.1) is 13.0 Å². The van der Waals surface area contributed by atoms with Crippen LogP contribution < -0.4 is 5.32 Å². The third-order valence-corrected chi connectivity index (χ3v) is 4.16. The summed E-state index contributed by atoms with van der Waals surface area (Å²) in [5.41, 5.74) is -0.108. The summed E-state index contributed by atoms with van der Waals surface area (Å²) in [6.07, 6.45) is 6.35. The van der Waals surface area contributed by atoms with E-state index in [9.17, 15) is 4.79 Å². The van der Waals surface area contributed by atoms with Crippen LogP contribution in [0.5, 0.6) is 0 Å². The summed E-state index contributed by atoms with van der Waals surface area (Å²) < 4.78 is 0. The zero-order chi connectivity index (χ0) is 11.0. The Kier molecular flexibility index (Phi) is 2.64. The Bertz CT molecular complexity index is 281. The molecule has 4 nitrogen and oxygen atoms in total. The van der Waals surface area contributed by atoms with E-state index in [2.05, 4.69) is 5.32 Å². The number of carbonyl (C=O) groups is 1. The first-order valence-electron chi connectivity index (χ1n) is 6.48. The second kappa shape index (κ2) is 4.00. The minimum Gasteiger partial charge on any atom is -0.316 e. The molecule has 1 amide bonds. The second-order valence-corrected chi connectivity index (χ2v) is 5.47. The highest BCUT2D eigenvalue weighted by molar-refractivity contribution is 5.78. The highest BCUT2D eigenvalue weighted by atomic mass is 16.7. The predicted molar refractivity (Wildman–Crippen MR) is 59.6 cm³/mol. The maximum absolute atomic E-state index is 11.9. The van der Waals surface area contributed by atoms with E-state index in [0.717, 1.165) is 32.5 Å². The van der Waals surface area contributed by atoms with E-state index in [1.807, 2.05) is 0 Å². The lowest BCUT2D eigenvalue weighted by molar-refractivity contribution is -0.201. The molecule has 0 aromatic rings. The summed E-state index contributed by atoms with van der Waals surface area (Å²) in [5.74, 6) is 0.786. The van der Waals surface area contributed by atoms with Crippen LogP contribution in [-0.4, -0.2) is 36.2 Å². The van der Waals surface area contributed by atoms with Gasteiger partial charge in [0.2, 0.25) is 5.91 Å². The number of carbonyl (C=O) groups excluding carboxylic acids is 1. The van der Waals surface area contributed by atoms with Crippen molar-refractivity contribution >= 4 is 5.91 Å². The van der Waals surface area contributed by atoms with E-state index < -0.39 is 0 Å². The predicted octanol–water partition coefficient (Wildman–Crippen LogP) is 1.07. The normalized spacial score (nSPS) is 33.1. The summed E-state index contributed by atoms with van der Waals surface area (Å²) in [6, 6.07) is 0. The molecule has 1 aliphatic carbocycles. The first kappa shape index (κ1) is 10.5. The zero-order valence-corrected chi connectivity index (χ0v) is 9.71. The Morgan fingerprint density at radius 3 is 2.94 bits per heavy atom. The Morgan fingerprint density at radius 1 is 1.44 bits per heavy atom. The Labute approximate surface area is 96.3 Å². The van der Waals surface area contributed by atoms with E-state index in [4.69, 9.17) is 4.84 Å². The smallest absolute Gasteiger partial charge is 0.249 e. The molecule has 2 heterocycles. The average Bonchev–Trinajstić information content (AvgIpc) is 2.93. The van der Waals surface area contributed by atoms with Crippen molar-refractivity contribution in [3.05, 3.63) is 0 Å². The van der Waals surface area contributed by atoms with Gasteiger partial charge in [-0.2, -0.15) is 0 Å². The molecular weight excluding hydrogens is 204 g/mol. The fourth-order valence-corrected chi connectivity index (χ4v) is 3.21. The van der Waals surface area contributed by atoms with Crippen molar-refractivity contribution in [2.24, 2.45) is 5.92 Å². The van der Waals surface area contributed by atoms with Gasteiger partial charge in [0.1, 0.15) is 5.60 Å². The number of rotatable bonds is 2. The fraction of sp³-hybridized carbons (Fsp3) is 0.917. The van der Waals surface area contributed by atoms with Gasteiger partial charge >= 0.3 is 0 Å². The van der Waals surface area contributed by atoms with Gasteiger partial charge in [0.15, 0.2) is 0 Å². The minimum atomic E-state index is -0.108. The lowest BCUT2D eigenvalue weighted by Gasteiger charge is -2.24. The lowest BCUT2D eigenvalue weighted by atomic mass is 9.99. The van der Waals surface area contributed by atoms with Crippen molar-refractivity contribution in [2.75, 3.05) is 19.6 Å². The number of nitrogens with zero attached hydrogens (tertiary/aromatic N) is 1. The quantitative estimate of drug-likeness (QED) is 0.763. The largest absolute Gasteiger partial charge is 0.316 e. The van der Waals surface area contributed by atoms with Gasteiger partial charge in [0.25, 0.3) is 0 Å². The van der Waals surface area contributed by atoms with E-state index >= 15 is 0 Å². The van der Waals surface area contributed by atoms with Crippen LogP contribution in [0.3, 0.4) is 0 Å². The van der Waals surface area contributed by atoms with Crippen molar-refractivity contribution < 1.29 is 9.63 Å². The topological polar surface area (TPSA) is 41.6 Å². The van der Waals surface area contributed by atoms with Crippen molar-refractivity contribution in [3.63, 3.8) is 0 Å². The zero-order valence-electron chi connectivity index (χ0n) is 9.71. The van der Waals surface area contributed by atoms with Crippen LogP contribution in [-0.2, 0) is 9.63 Å². The first-order chi connectivity index (χ1) is 7.77. The van der Waals surface area contributed by atoms with E-state index in [1.165, 1.54) is 19.3 Å². The summed E-state index contributed by atoms with van der Waals surface area (Å²) >= 11 is 0. The van der Waals surface area contributed by atoms with Crippen LogP contribution in [0.25, 0.3) is 0 Å². The van der Waals surface area contributed by atoms with Gasteiger partial charge in [0, 0.05) is 0 Å². The molecule has 1 atom stereocenters. The minimum absolute atomic E-state index is 0.108. The van der Waals surface area contributed by atoms with E-state index in [0.29, 0.717) is 12.3 Å². The van der Waals surface area contributed by atoms with Crippen molar-refractivity contribution in [2.45, 2.75) is 44.1 Å². The first-order valence-corrected chi connectivity index (χ1v) is 6.48. The van der Waals surface area contributed by atoms with Crippen LogP contribution in [0.2, 0.25) is 0 Å². The molecule has 0 aromatic carbocycles. The van der Waals surface area contributed by atoms with Crippen molar-refractivity contribution in [1.29, 1.82) is 0 Å². The fourth-order valence-electron chi connectivity index (χ4n) is 3.21. The Balaban J connectivity index is 1.61. The molecule has 1 unspecified atom stereocenters. The van der Waals surface area contributed by atoms with Crippen LogP contribution in [0.1, 0.15) is 38.5 Å². The number of hydroxylamine groups is 2. The van der Waals surface area contributed by atoms with Crippen LogP contribution in [0.4, 0.5) is 0 Å². The number of hydrogen-bond donors (Lipinski definition) is 1. The third-order valence-electron chi connectivity index (χ3n) is 4.16. The molecule has 3 rings (SSSR count). The summed E-state index contributed by atoms with van der Waals surface area (Å²) in [6.45, 7) is 2.89. The van der Waals surface area contributed by atoms with E-state index in [-0.39, 0.29) is 11.5 Å². The van der Waals surface area contributed by atoms with Gasteiger partial charge in [-0.1, -0.05) is 12.8 Å². The molecule has 3 aliphatic rings. The monoisotopic (exact) mass is 224 g/mol. The van der Waals surface area contributed by atoms with E-state index in [1.54, 1.807) is 5.06 Å². The Hall–Kier alpha value is -0.610. The van der Waals surface area contributed by atoms with Crippen molar-refractivity contribution in [3.8, 4) is 0 Å². The molecule has 0 bridgehead atoms. The highest BCUT2D eigenvalue weighted by Crippen LogP contribution is 2.41. The molecule has 1 N–H and O–H groups in total. The second-order valence-electron chi connectivity index (χ2n) is 5.47. The molecule has 1 spiro atoms. The maximum atomic E-state index is 11.9. The molecule has 90 valence electrons. The number of nitrogens with one attached hydrogen (secondary N) is 1. The maximum Gasteiger partial charge on any atom is 0.249 e. The highest BCUT2D eigenvalue weighted by Gasteiger charge is 2.47. The van der Waals surface area contributed by atoms with Gasteiger partial charge in [-0.05, 0) is 38.3 Å². The van der Waals surface area contributed by atoms with Gasteiger partial charge in [-0.25, -0.2) is 5.06 Å². The standard InChI is InChI=1S/C12H20N2O2/c15-11-7-12(4-1-2-5-12)16-14(11)9-10-3-6-13-8-10/h10,13H,1-9H2. The van der Waals surface area contributed by atoms with Gasteiger partial charge in [-0.3, -0.25) is 9.63 Å². The Morgan fingerprint density at radius 2 is 2.25 bits per heavy atom. The summed E-state index contributed by atoms with van der Waals surface area (Å²) in [5, 5.41) is 4.98. The van der Waals surface area contributed by atoms with Crippen LogP contribution in [0, 0.1) is 5.92 Å². The summed E-state index contributed by atoms with van der Waals surface area (Å²) in [7, 11) is 0. The molecule has 0 aromatic heterocycles. The SMILES string of the molecule is O=C1CC2(CCCC2)ON1CC1CCNC1. The lowest BCUT2D eigenvalue weighted by Crippen LogP contribution is -2.32. The number of amides is 1. The number of hydrogen-bond acceptors (Lipinski definition) is 3. The molecular formula is C12H20N2O2. The molecule has 0 radical (unpaired) electrons. The van der Waals surface area contributed by atoms with Crippen molar-refractivity contribution in [1.82, 2.24) is 10.4 Å². The molecule has 2 saturated heterocycles. The van der Waals surface area contributed by atoms with Gasteiger partial charge < -0.3 is 5.32 Å². The molecule has 2 aliphatic heterocycles. The summed E-state index contributed by atoms with van der Waals surface area (Å²) in [4.78, 5) is 17.8. The van der Waals surface area contributed by atoms with Crippen LogP contribution >= 0.6 is 0 Å². The molecule has 1 saturated carbocycles. The molecule has 3 fully saturated rings. The van der Waals surface area contributed by atoms with Gasteiger partial charge in [-0.15, -0.1) is 0 Å². The molecule has 16 heavy (non-hydrogen) atoms. The average molecular weight is 224 g/mol. The third kappa shape index (κ3) is 1.84. The van der Waals surface area contributed by atoms with Crippen LogP contribution in [0.15, 0.2) is 0 Å². The molecule has 4 heteroatoms.